The van der Waals surface area contributed by atoms with Gasteiger partial charge in [0.25, 0.3) is 0 Å². The number of carbonyl (C=O) groups excluding carboxylic acids is 1. The summed E-state index contributed by atoms with van der Waals surface area (Å²) in [6.07, 6.45) is 10.4. The van der Waals surface area contributed by atoms with Crippen LogP contribution in [-0.2, 0) is 4.74 Å². The first-order chi connectivity index (χ1) is 19.3. The number of hydrogen-bond acceptors (Lipinski definition) is 6. The maximum absolute atomic E-state index is 12.8. The Bertz CT molecular complexity index is 1290. The number of aromatic nitrogens is 1. The highest BCUT2D eigenvalue weighted by molar-refractivity contribution is 6.03. The van der Waals surface area contributed by atoms with E-state index in [1.165, 1.54) is 31.2 Å². The van der Waals surface area contributed by atoms with Crippen LogP contribution in [0.2, 0.25) is 0 Å². The fourth-order valence-electron chi connectivity index (χ4n) is 5.73. The Morgan fingerprint density at radius 3 is 2.38 bits per heavy atom. The number of hydrogen-bond donors (Lipinski definition) is 2. The van der Waals surface area contributed by atoms with E-state index in [1.807, 2.05) is 32.1 Å². The van der Waals surface area contributed by atoms with Gasteiger partial charge in [-0.1, -0.05) is 30.9 Å². The topological polar surface area (TPSA) is 92.8 Å². The van der Waals surface area contributed by atoms with Crippen molar-refractivity contribution in [3.63, 3.8) is 0 Å². The molecule has 1 saturated heterocycles. The zero-order chi connectivity index (χ0) is 28.6. The number of amidine groups is 1. The number of nitrogens with two attached hydrogens (primary N) is 1. The van der Waals surface area contributed by atoms with Crippen molar-refractivity contribution >= 4 is 34.8 Å². The number of ether oxygens (including phenoxy) is 1. The third kappa shape index (κ3) is 7.34. The van der Waals surface area contributed by atoms with Crippen LogP contribution in [0.5, 0.6) is 0 Å². The molecule has 0 atom stereocenters. The quantitative estimate of drug-likeness (QED) is 0.159. The summed E-state index contributed by atoms with van der Waals surface area (Å²) in [5.74, 6) is 1.48. The molecule has 7 heteroatoms. The van der Waals surface area contributed by atoms with Crippen LogP contribution in [-0.4, -0.2) is 53.8 Å². The third-order valence-corrected chi connectivity index (χ3v) is 7.78. The highest BCUT2D eigenvalue weighted by Gasteiger charge is 2.27. The number of aliphatic imine (C=N–C) groups is 1. The molecule has 2 aliphatic rings. The van der Waals surface area contributed by atoms with Crippen LogP contribution in [0.3, 0.4) is 0 Å². The Balaban J connectivity index is 1.57. The molecule has 7 nitrogen and oxygen atoms in total. The molecular weight excluding hydrogens is 498 g/mol. The second kappa shape index (κ2) is 13.7. The van der Waals surface area contributed by atoms with Gasteiger partial charge in [0.2, 0.25) is 0 Å². The van der Waals surface area contributed by atoms with Gasteiger partial charge in [-0.25, -0.2) is 9.98 Å². The predicted molar refractivity (Wildman–Crippen MR) is 166 cm³/mol. The summed E-state index contributed by atoms with van der Waals surface area (Å²) >= 11 is 0. The Labute approximate surface area is 238 Å². The van der Waals surface area contributed by atoms with Gasteiger partial charge in [0.15, 0.2) is 5.78 Å². The van der Waals surface area contributed by atoms with Crippen LogP contribution in [0.25, 0.3) is 11.6 Å². The first-order valence-electron chi connectivity index (χ1n) is 14.3. The van der Waals surface area contributed by atoms with E-state index in [2.05, 4.69) is 46.1 Å². The van der Waals surface area contributed by atoms with Gasteiger partial charge < -0.3 is 15.8 Å². The minimum atomic E-state index is -0.0556. The van der Waals surface area contributed by atoms with Crippen molar-refractivity contribution in [3.05, 3.63) is 77.1 Å². The molecule has 3 N–H and O–H groups in total. The number of rotatable bonds is 9. The fraction of sp³-hybridized carbons (Fsp3) is 0.424. The summed E-state index contributed by atoms with van der Waals surface area (Å²) in [7, 11) is 0. The molecule has 40 heavy (non-hydrogen) atoms. The fourth-order valence-corrected chi connectivity index (χ4v) is 5.73. The van der Waals surface area contributed by atoms with Crippen molar-refractivity contribution < 1.29 is 9.53 Å². The molecule has 2 heterocycles. The zero-order valence-corrected chi connectivity index (χ0v) is 24.4. The second-order valence-electron chi connectivity index (χ2n) is 10.9. The van der Waals surface area contributed by atoms with E-state index >= 15 is 0 Å². The number of anilines is 2. The summed E-state index contributed by atoms with van der Waals surface area (Å²) < 4.78 is 5.53. The lowest BCUT2D eigenvalue weighted by Gasteiger charge is -2.38. The molecule has 1 aromatic heterocycles. The van der Waals surface area contributed by atoms with Crippen LogP contribution >= 0.6 is 0 Å². The number of ketones is 1. The van der Waals surface area contributed by atoms with Crippen molar-refractivity contribution in [2.24, 2.45) is 10.7 Å². The van der Waals surface area contributed by atoms with E-state index in [1.54, 1.807) is 20.0 Å². The summed E-state index contributed by atoms with van der Waals surface area (Å²) in [6, 6.07) is 11.2. The monoisotopic (exact) mass is 541 g/mol. The number of morpholine rings is 1. The van der Waals surface area contributed by atoms with Gasteiger partial charge >= 0.3 is 0 Å². The lowest BCUT2D eigenvalue weighted by molar-refractivity contribution is 0.00730. The van der Waals surface area contributed by atoms with Crippen LogP contribution in [0, 0.1) is 0 Å². The van der Waals surface area contributed by atoms with Crippen molar-refractivity contribution in [3.8, 4) is 0 Å². The number of nitrogens with zero attached hydrogens (tertiary/aromatic N) is 3. The molecular formula is C33H43N5O2. The maximum Gasteiger partial charge on any atom is 0.164 e. The number of pyridine rings is 1. The Morgan fingerprint density at radius 1 is 1.12 bits per heavy atom. The van der Waals surface area contributed by atoms with Crippen LogP contribution < -0.4 is 11.1 Å². The molecule has 1 aromatic carbocycles. The minimum absolute atomic E-state index is 0.0556. The number of nitrogens with one attached hydrogen (secondary N) is 1. The minimum Gasteiger partial charge on any atom is -0.387 e. The van der Waals surface area contributed by atoms with Gasteiger partial charge in [-0.3, -0.25) is 9.69 Å². The molecule has 212 valence electrons. The number of benzene rings is 1. The van der Waals surface area contributed by atoms with E-state index in [4.69, 9.17) is 15.5 Å². The van der Waals surface area contributed by atoms with Crippen LogP contribution in [0.1, 0.15) is 86.5 Å². The van der Waals surface area contributed by atoms with Gasteiger partial charge in [0.1, 0.15) is 5.82 Å². The molecule has 0 amide bonds. The SMILES string of the molecule is C=C(C)/C(=C\N=C(C)N)c1cc(/C=C\C)c(C(C)=O)c(Nc2ccc(C3CCC(N4CCOCC4)CC3)cc2)n1. The highest BCUT2D eigenvalue weighted by atomic mass is 16.5. The molecule has 0 radical (unpaired) electrons. The Kier molecular flexibility index (Phi) is 10.1. The first kappa shape index (κ1) is 29.4. The molecule has 2 aromatic rings. The third-order valence-electron chi connectivity index (χ3n) is 7.78. The highest BCUT2D eigenvalue weighted by Crippen LogP contribution is 2.36. The maximum atomic E-state index is 12.8. The molecule has 1 saturated carbocycles. The molecule has 4 rings (SSSR count). The van der Waals surface area contributed by atoms with Crippen molar-refractivity contribution in [1.29, 1.82) is 0 Å². The molecule has 0 spiro atoms. The first-order valence-corrected chi connectivity index (χ1v) is 14.3. The summed E-state index contributed by atoms with van der Waals surface area (Å²) in [6.45, 7) is 15.1. The Hall–Kier alpha value is -3.55. The summed E-state index contributed by atoms with van der Waals surface area (Å²) in [5.41, 5.74) is 11.6. The normalized spacial score (nSPS) is 21.0. The molecule has 2 fully saturated rings. The largest absolute Gasteiger partial charge is 0.387 e. The van der Waals surface area contributed by atoms with E-state index in [0.717, 1.165) is 48.7 Å². The lowest BCUT2D eigenvalue weighted by Crippen LogP contribution is -2.44. The summed E-state index contributed by atoms with van der Waals surface area (Å²) in [4.78, 5) is 24.6. The van der Waals surface area contributed by atoms with E-state index in [9.17, 15) is 4.79 Å². The van der Waals surface area contributed by atoms with E-state index < -0.39 is 0 Å². The zero-order valence-electron chi connectivity index (χ0n) is 24.4. The molecule has 1 aliphatic carbocycles. The van der Waals surface area contributed by atoms with Crippen molar-refractivity contribution in [2.45, 2.75) is 65.3 Å². The van der Waals surface area contributed by atoms with Crippen LogP contribution in [0.4, 0.5) is 11.5 Å². The predicted octanol–water partition coefficient (Wildman–Crippen LogP) is 6.71. The average molecular weight is 542 g/mol. The van der Waals surface area contributed by atoms with E-state index in [0.29, 0.717) is 34.9 Å². The number of allylic oxidation sites excluding steroid dienone is 3. The number of carbonyl (C=O) groups is 1. The van der Waals surface area contributed by atoms with Gasteiger partial charge in [0.05, 0.1) is 30.3 Å². The van der Waals surface area contributed by atoms with Crippen LogP contribution in [0.15, 0.2) is 59.8 Å². The van der Waals surface area contributed by atoms with Crippen molar-refractivity contribution in [2.75, 3.05) is 31.6 Å². The lowest BCUT2D eigenvalue weighted by atomic mass is 9.81. The van der Waals surface area contributed by atoms with Gasteiger partial charge in [-0.2, -0.15) is 0 Å². The molecule has 0 unspecified atom stereocenters. The number of Topliss-reactive ketones (excluding diaryl/α,β-unsaturated/α-hetero) is 1. The standard InChI is InChI=1S/C33H43N5O2/c1-6-7-27-20-31(30(22(2)3)21-35-24(5)34)37-33(32(27)23(4)39)36-28-12-8-25(9-13-28)26-10-14-29(15-11-26)38-16-18-40-19-17-38/h6-9,12-13,20-21,26,29H,2,10-11,14-19H2,1,3-5H3,(H2,34,35)(H,36,37)/b7-6-,30-21+. The summed E-state index contributed by atoms with van der Waals surface area (Å²) in [5, 5.41) is 3.43. The van der Waals surface area contributed by atoms with Crippen molar-refractivity contribution in [1.82, 2.24) is 9.88 Å². The van der Waals surface area contributed by atoms with E-state index in [-0.39, 0.29) is 5.78 Å². The molecule has 0 bridgehead atoms. The van der Waals surface area contributed by atoms with Gasteiger partial charge in [-0.15, -0.1) is 0 Å². The molecule has 1 aliphatic heterocycles. The Morgan fingerprint density at radius 2 is 1.80 bits per heavy atom. The second-order valence-corrected chi connectivity index (χ2v) is 10.9. The smallest absolute Gasteiger partial charge is 0.164 e. The van der Waals surface area contributed by atoms with Gasteiger partial charge in [-0.05, 0) is 94.2 Å². The van der Waals surface area contributed by atoms with Gasteiger partial charge in [0, 0.05) is 36.6 Å². The average Bonchev–Trinajstić information content (AvgIpc) is 2.94.